The van der Waals surface area contributed by atoms with Gasteiger partial charge in [-0.15, -0.1) is 0 Å². The van der Waals surface area contributed by atoms with Gasteiger partial charge >= 0.3 is 6.09 Å². The maximum atomic E-state index is 10.6. The van der Waals surface area contributed by atoms with Crippen LogP contribution in [0.2, 0.25) is 0 Å². The van der Waals surface area contributed by atoms with Crippen molar-refractivity contribution in [2.24, 2.45) is 0 Å². The number of aromatic nitrogens is 2. The summed E-state index contributed by atoms with van der Waals surface area (Å²) in [5.41, 5.74) is 1.68. The number of nitrogens with zero attached hydrogens (tertiary/aromatic N) is 3. The van der Waals surface area contributed by atoms with Gasteiger partial charge in [0.15, 0.2) is 5.65 Å². The topological polar surface area (TPSA) is 66.3 Å². The third-order valence-electron chi connectivity index (χ3n) is 2.77. The maximum Gasteiger partial charge on any atom is 0.407 e. The Kier molecular flexibility index (Phi) is 3.72. The average molecular weight is 245 g/mol. The smallest absolute Gasteiger partial charge is 0.407 e. The van der Waals surface area contributed by atoms with Crippen LogP contribution in [0, 0.1) is 0 Å². The van der Waals surface area contributed by atoms with Crippen molar-refractivity contribution >= 4 is 17.1 Å². The molecule has 0 spiro atoms. The van der Waals surface area contributed by atoms with Crippen molar-refractivity contribution < 1.29 is 9.90 Å². The van der Waals surface area contributed by atoms with E-state index in [4.69, 9.17) is 5.11 Å². The van der Waals surface area contributed by atoms with Crippen molar-refractivity contribution in [2.75, 3.05) is 13.6 Å². The normalized spacial score (nSPS) is 10.5. The Morgan fingerprint density at radius 1 is 1.39 bits per heavy atom. The second-order valence-corrected chi connectivity index (χ2v) is 4.16. The molecule has 2 aromatic heterocycles. The monoisotopic (exact) mass is 245 g/mol. The van der Waals surface area contributed by atoms with Crippen molar-refractivity contribution in [1.29, 1.82) is 0 Å². The fourth-order valence-electron chi connectivity index (χ4n) is 1.72. The van der Waals surface area contributed by atoms with E-state index in [1.165, 1.54) is 4.90 Å². The number of rotatable bonds is 4. The van der Waals surface area contributed by atoms with Crippen molar-refractivity contribution in [2.45, 2.75) is 12.8 Å². The zero-order chi connectivity index (χ0) is 13.0. The number of hydrogen-bond donors (Lipinski definition) is 1. The molecule has 1 amide bonds. The Bertz CT molecular complexity index is 557. The van der Waals surface area contributed by atoms with Gasteiger partial charge in [0.05, 0.1) is 0 Å². The lowest BCUT2D eigenvalue weighted by atomic mass is 10.2. The lowest BCUT2D eigenvalue weighted by molar-refractivity contribution is 0.155. The molecule has 0 aliphatic heterocycles. The molecule has 2 rings (SSSR count). The van der Waals surface area contributed by atoms with Gasteiger partial charge in [-0.1, -0.05) is 0 Å². The highest BCUT2D eigenvalue weighted by Gasteiger charge is 2.05. The molecule has 0 saturated heterocycles. The first kappa shape index (κ1) is 12.3. The zero-order valence-corrected chi connectivity index (χ0v) is 10.2. The van der Waals surface area contributed by atoms with Crippen molar-refractivity contribution in [3.8, 4) is 0 Å². The van der Waals surface area contributed by atoms with Gasteiger partial charge in [-0.25, -0.2) is 14.8 Å². The standard InChI is InChI=1S/C13H15N3O2/c1-16(13(17)18)9-3-5-11-7-6-10-4-2-8-14-12(10)15-11/h2,4,6-8H,3,5,9H2,1H3,(H,17,18). The van der Waals surface area contributed by atoms with Crippen LogP contribution < -0.4 is 0 Å². The highest BCUT2D eigenvalue weighted by atomic mass is 16.4. The van der Waals surface area contributed by atoms with Gasteiger partial charge in [0.25, 0.3) is 0 Å². The molecule has 0 unspecified atom stereocenters. The molecule has 94 valence electrons. The largest absolute Gasteiger partial charge is 0.465 e. The van der Waals surface area contributed by atoms with Crippen LogP contribution >= 0.6 is 0 Å². The first-order valence-electron chi connectivity index (χ1n) is 5.81. The zero-order valence-electron chi connectivity index (χ0n) is 10.2. The van der Waals surface area contributed by atoms with E-state index in [-0.39, 0.29) is 0 Å². The van der Waals surface area contributed by atoms with Gasteiger partial charge in [-0.3, -0.25) is 0 Å². The van der Waals surface area contributed by atoms with E-state index in [2.05, 4.69) is 9.97 Å². The van der Waals surface area contributed by atoms with Gasteiger partial charge < -0.3 is 10.0 Å². The average Bonchev–Trinajstić information content (AvgIpc) is 2.38. The van der Waals surface area contributed by atoms with Crippen LogP contribution in [0.4, 0.5) is 4.79 Å². The van der Waals surface area contributed by atoms with Crippen LogP contribution in [0.3, 0.4) is 0 Å². The quantitative estimate of drug-likeness (QED) is 0.896. The summed E-state index contributed by atoms with van der Waals surface area (Å²) in [4.78, 5) is 20.5. The SMILES string of the molecule is CN(CCCc1ccc2cccnc2n1)C(=O)O. The second-order valence-electron chi connectivity index (χ2n) is 4.16. The van der Waals surface area contributed by atoms with Crippen LogP contribution in [0.15, 0.2) is 30.5 Å². The number of hydrogen-bond acceptors (Lipinski definition) is 3. The van der Waals surface area contributed by atoms with E-state index in [9.17, 15) is 4.79 Å². The van der Waals surface area contributed by atoms with E-state index in [1.807, 2.05) is 24.3 Å². The molecule has 0 aliphatic carbocycles. The van der Waals surface area contributed by atoms with Crippen LogP contribution in [0.25, 0.3) is 11.0 Å². The molecule has 0 bridgehead atoms. The van der Waals surface area contributed by atoms with Gasteiger partial charge in [-0.2, -0.15) is 0 Å². The highest BCUT2D eigenvalue weighted by Crippen LogP contribution is 2.10. The Hall–Kier alpha value is -2.17. The summed E-state index contributed by atoms with van der Waals surface area (Å²) in [6, 6.07) is 7.80. The molecule has 1 N–H and O–H groups in total. The summed E-state index contributed by atoms with van der Waals surface area (Å²) >= 11 is 0. The Morgan fingerprint density at radius 2 is 2.22 bits per heavy atom. The molecule has 0 aromatic carbocycles. The predicted molar refractivity (Wildman–Crippen MR) is 68.5 cm³/mol. The summed E-state index contributed by atoms with van der Waals surface area (Å²) in [5.74, 6) is 0. The molecule has 0 fully saturated rings. The van der Waals surface area contributed by atoms with Gasteiger partial charge in [0.2, 0.25) is 0 Å². The maximum absolute atomic E-state index is 10.6. The van der Waals surface area contributed by atoms with E-state index in [0.717, 1.165) is 29.6 Å². The van der Waals surface area contributed by atoms with Gasteiger partial charge in [0, 0.05) is 30.9 Å². The van der Waals surface area contributed by atoms with Crippen LogP contribution in [-0.2, 0) is 6.42 Å². The van der Waals surface area contributed by atoms with Crippen LogP contribution in [0.5, 0.6) is 0 Å². The minimum absolute atomic E-state index is 0.511. The van der Waals surface area contributed by atoms with Crippen molar-refractivity contribution in [3.63, 3.8) is 0 Å². The Morgan fingerprint density at radius 3 is 3.00 bits per heavy atom. The Balaban J connectivity index is 1.98. The highest BCUT2D eigenvalue weighted by molar-refractivity contribution is 5.74. The van der Waals surface area contributed by atoms with Crippen molar-refractivity contribution in [3.05, 3.63) is 36.2 Å². The number of fused-ring (bicyclic) bond motifs is 1. The fourth-order valence-corrected chi connectivity index (χ4v) is 1.72. The molecule has 0 saturated carbocycles. The molecule has 0 atom stereocenters. The van der Waals surface area contributed by atoms with E-state index < -0.39 is 6.09 Å². The minimum atomic E-state index is -0.900. The molecule has 0 aliphatic rings. The predicted octanol–water partition coefficient (Wildman–Crippen LogP) is 2.17. The third-order valence-corrected chi connectivity index (χ3v) is 2.77. The van der Waals surface area contributed by atoms with Crippen LogP contribution in [0.1, 0.15) is 12.1 Å². The second kappa shape index (κ2) is 5.44. The summed E-state index contributed by atoms with van der Waals surface area (Å²) in [6.07, 6.45) is 2.33. The molecule has 5 heteroatoms. The summed E-state index contributed by atoms with van der Waals surface area (Å²) in [6.45, 7) is 0.511. The number of amides is 1. The lowest BCUT2D eigenvalue weighted by Crippen LogP contribution is -2.25. The summed E-state index contributed by atoms with van der Waals surface area (Å²) in [5, 5.41) is 9.74. The number of carbonyl (C=O) groups is 1. The molecular weight excluding hydrogens is 230 g/mol. The molecule has 2 heterocycles. The molecule has 5 nitrogen and oxygen atoms in total. The Labute approximate surface area is 105 Å². The summed E-state index contributed by atoms with van der Waals surface area (Å²) < 4.78 is 0. The molecule has 0 radical (unpaired) electrons. The summed E-state index contributed by atoms with van der Waals surface area (Å²) in [7, 11) is 1.57. The molecule has 18 heavy (non-hydrogen) atoms. The first-order valence-corrected chi connectivity index (χ1v) is 5.81. The minimum Gasteiger partial charge on any atom is -0.465 e. The number of pyridine rings is 2. The van der Waals surface area contributed by atoms with Gasteiger partial charge in [0.1, 0.15) is 0 Å². The number of carboxylic acid groups (broad SMARTS) is 1. The van der Waals surface area contributed by atoms with E-state index in [0.29, 0.717) is 6.54 Å². The number of aryl methyl sites for hydroxylation is 1. The lowest BCUT2D eigenvalue weighted by Gasteiger charge is -2.12. The third kappa shape index (κ3) is 2.94. The molecular formula is C13H15N3O2. The van der Waals surface area contributed by atoms with Gasteiger partial charge in [-0.05, 0) is 37.1 Å². The molecule has 2 aromatic rings. The van der Waals surface area contributed by atoms with Crippen LogP contribution in [-0.4, -0.2) is 39.7 Å². The van der Waals surface area contributed by atoms with E-state index in [1.54, 1.807) is 13.2 Å². The van der Waals surface area contributed by atoms with E-state index >= 15 is 0 Å². The van der Waals surface area contributed by atoms with Crippen molar-refractivity contribution in [1.82, 2.24) is 14.9 Å². The fraction of sp³-hybridized carbons (Fsp3) is 0.308. The first-order chi connectivity index (χ1) is 8.66.